The van der Waals surface area contributed by atoms with Gasteiger partial charge in [-0.25, -0.2) is 0 Å². The number of carbonyl (C=O) groups is 1. The molecule has 0 N–H and O–H groups in total. The first-order valence-corrected chi connectivity index (χ1v) is 9.00. The Hall–Kier alpha value is -1.85. The Balaban J connectivity index is 1.67. The van der Waals surface area contributed by atoms with Crippen molar-refractivity contribution in [1.82, 2.24) is 4.90 Å². The Morgan fingerprint density at radius 1 is 1.36 bits per heavy atom. The first kappa shape index (κ1) is 18.0. The molecule has 3 atom stereocenters. The summed E-state index contributed by atoms with van der Waals surface area (Å²) in [6.45, 7) is 6.18. The number of morpholine rings is 1. The highest BCUT2D eigenvalue weighted by atomic mass is 16.5. The van der Waals surface area contributed by atoms with E-state index in [1.54, 1.807) is 6.08 Å². The summed E-state index contributed by atoms with van der Waals surface area (Å²) >= 11 is 0. The van der Waals surface area contributed by atoms with Gasteiger partial charge in [0.15, 0.2) is 0 Å². The first-order valence-electron chi connectivity index (χ1n) is 9.00. The number of nitrogens with zero attached hydrogens (tertiary/aromatic N) is 2. The molecule has 1 aromatic carbocycles. The third-order valence-corrected chi connectivity index (χ3v) is 5.18. The van der Waals surface area contributed by atoms with Gasteiger partial charge in [0.25, 0.3) is 5.91 Å². The second kappa shape index (κ2) is 8.02. The van der Waals surface area contributed by atoms with Crippen LogP contribution in [0, 0.1) is 5.92 Å². The van der Waals surface area contributed by atoms with Crippen LogP contribution >= 0.6 is 0 Å². The molecule has 1 saturated heterocycles. The fourth-order valence-electron chi connectivity index (χ4n) is 3.86. The maximum Gasteiger partial charge on any atom is 0.254 e. The molecule has 1 aliphatic heterocycles. The molecule has 0 aromatic heterocycles. The smallest absolute Gasteiger partial charge is 0.254 e. The zero-order chi connectivity index (χ0) is 17.8. The van der Waals surface area contributed by atoms with Gasteiger partial charge in [0.05, 0.1) is 32.0 Å². The molecule has 136 valence electrons. The van der Waals surface area contributed by atoms with E-state index in [0.717, 1.165) is 24.1 Å². The number of benzene rings is 1. The monoisotopic (exact) mass is 344 g/mol. The molecule has 2 aliphatic rings. The van der Waals surface area contributed by atoms with Gasteiger partial charge in [-0.2, -0.15) is 0 Å². The lowest BCUT2D eigenvalue weighted by Crippen LogP contribution is -2.53. The first-order chi connectivity index (χ1) is 12.1. The standard InChI is InChI=1S/C20H28N2O3/c1-4-12-24-14-16-7-10-18-19(16)25-13-11-22(18)20(23)15-5-8-17(9-6-15)21(2)3/h4-6,8-9,16,18-19H,1,7,10-14H2,2-3H3/t16-,18-,19-/m0/s1. The summed E-state index contributed by atoms with van der Waals surface area (Å²) in [5.41, 5.74) is 1.84. The number of anilines is 1. The van der Waals surface area contributed by atoms with E-state index < -0.39 is 0 Å². The molecule has 25 heavy (non-hydrogen) atoms. The predicted octanol–water partition coefficient (Wildman–Crippen LogP) is 2.57. The molecule has 5 heteroatoms. The highest BCUT2D eigenvalue weighted by Crippen LogP contribution is 2.35. The Kier molecular flexibility index (Phi) is 5.76. The molecule has 0 spiro atoms. The van der Waals surface area contributed by atoms with E-state index in [2.05, 4.69) is 6.58 Å². The second-order valence-corrected chi connectivity index (χ2v) is 7.01. The Morgan fingerprint density at radius 2 is 2.12 bits per heavy atom. The van der Waals surface area contributed by atoms with Gasteiger partial charge in [0.1, 0.15) is 0 Å². The molecule has 2 fully saturated rings. The van der Waals surface area contributed by atoms with Crippen LogP contribution in [0.1, 0.15) is 23.2 Å². The minimum absolute atomic E-state index is 0.0866. The third kappa shape index (κ3) is 3.88. The number of ether oxygens (including phenoxy) is 2. The van der Waals surface area contributed by atoms with Crippen molar-refractivity contribution in [3.63, 3.8) is 0 Å². The summed E-state index contributed by atoms with van der Waals surface area (Å²) < 4.78 is 11.6. The number of hydrogen-bond acceptors (Lipinski definition) is 4. The summed E-state index contributed by atoms with van der Waals surface area (Å²) in [5.74, 6) is 0.466. The van der Waals surface area contributed by atoms with Crippen LogP contribution in [0.3, 0.4) is 0 Å². The number of fused-ring (bicyclic) bond motifs is 1. The average molecular weight is 344 g/mol. The van der Waals surface area contributed by atoms with Gasteiger partial charge in [-0.05, 0) is 37.1 Å². The fourth-order valence-corrected chi connectivity index (χ4v) is 3.86. The van der Waals surface area contributed by atoms with Gasteiger partial charge in [-0.15, -0.1) is 6.58 Å². The summed E-state index contributed by atoms with van der Waals surface area (Å²) in [6.07, 6.45) is 3.87. The van der Waals surface area contributed by atoms with Crippen molar-refractivity contribution in [3.8, 4) is 0 Å². The zero-order valence-corrected chi connectivity index (χ0v) is 15.2. The second-order valence-electron chi connectivity index (χ2n) is 7.01. The number of amides is 1. The highest BCUT2D eigenvalue weighted by Gasteiger charge is 2.44. The summed E-state index contributed by atoms with van der Waals surface area (Å²) in [4.78, 5) is 17.0. The van der Waals surface area contributed by atoms with Crippen LogP contribution in [0.2, 0.25) is 0 Å². The predicted molar refractivity (Wildman–Crippen MR) is 99.1 cm³/mol. The lowest BCUT2D eigenvalue weighted by Gasteiger charge is -2.39. The molecule has 1 saturated carbocycles. The molecule has 0 unspecified atom stereocenters. The zero-order valence-electron chi connectivity index (χ0n) is 15.2. The van der Waals surface area contributed by atoms with E-state index in [4.69, 9.17) is 9.47 Å². The number of carbonyl (C=O) groups excluding carboxylic acids is 1. The lowest BCUT2D eigenvalue weighted by atomic mass is 10.0. The SMILES string of the molecule is C=CCOC[C@@H]1CC[C@H]2[C@H]1OCCN2C(=O)c1ccc(N(C)C)cc1. The van der Waals surface area contributed by atoms with E-state index in [1.807, 2.05) is 48.2 Å². The van der Waals surface area contributed by atoms with Crippen molar-refractivity contribution < 1.29 is 14.3 Å². The minimum atomic E-state index is 0.0866. The lowest BCUT2D eigenvalue weighted by molar-refractivity contribution is -0.0738. The van der Waals surface area contributed by atoms with Crippen molar-refractivity contribution >= 4 is 11.6 Å². The van der Waals surface area contributed by atoms with Gasteiger partial charge < -0.3 is 19.3 Å². The fraction of sp³-hybridized carbons (Fsp3) is 0.550. The van der Waals surface area contributed by atoms with E-state index >= 15 is 0 Å². The molecule has 1 aromatic rings. The topological polar surface area (TPSA) is 42.0 Å². The minimum Gasteiger partial charge on any atom is -0.378 e. The van der Waals surface area contributed by atoms with E-state index in [1.165, 1.54) is 0 Å². The van der Waals surface area contributed by atoms with Crippen molar-refractivity contribution in [3.05, 3.63) is 42.5 Å². The van der Waals surface area contributed by atoms with Crippen LogP contribution < -0.4 is 4.90 Å². The van der Waals surface area contributed by atoms with Gasteiger partial charge in [0, 0.05) is 37.8 Å². The van der Waals surface area contributed by atoms with Gasteiger partial charge in [0.2, 0.25) is 0 Å². The summed E-state index contributed by atoms with van der Waals surface area (Å²) in [7, 11) is 3.99. The maximum atomic E-state index is 13.0. The van der Waals surface area contributed by atoms with E-state index in [9.17, 15) is 4.79 Å². The number of rotatable bonds is 6. The quantitative estimate of drug-likeness (QED) is 0.588. The molecular weight excluding hydrogens is 316 g/mol. The van der Waals surface area contributed by atoms with Crippen molar-refractivity contribution in [1.29, 1.82) is 0 Å². The van der Waals surface area contributed by atoms with Crippen molar-refractivity contribution in [2.24, 2.45) is 5.92 Å². The van der Waals surface area contributed by atoms with E-state index in [0.29, 0.717) is 32.3 Å². The van der Waals surface area contributed by atoms with Crippen molar-refractivity contribution in [2.45, 2.75) is 25.0 Å². The van der Waals surface area contributed by atoms with Crippen LogP contribution in [0.5, 0.6) is 0 Å². The summed E-state index contributed by atoms with van der Waals surface area (Å²) in [6, 6.07) is 7.98. The van der Waals surface area contributed by atoms with Crippen LogP contribution in [-0.2, 0) is 9.47 Å². The molecular formula is C20H28N2O3. The normalized spacial score (nSPS) is 25.5. The molecule has 1 amide bonds. The van der Waals surface area contributed by atoms with Crippen LogP contribution in [0.4, 0.5) is 5.69 Å². The molecule has 0 radical (unpaired) electrons. The Labute approximate surface area is 150 Å². The van der Waals surface area contributed by atoms with Crippen LogP contribution in [0.25, 0.3) is 0 Å². The van der Waals surface area contributed by atoms with E-state index in [-0.39, 0.29) is 18.1 Å². The molecule has 5 nitrogen and oxygen atoms in total. The molecule has 0 bridgehead atoms. The highest BCUT2D eigenvalue weighted by molar-refractivity contribution is 5.95. The number of hydrogen-bond donors (Lipinski definition) is 0. The van der Waals surface area contributed by atoms with Crippen LogP contribution in [-0.4, -0.2) is 63.4 Å². The third-order valence-electron chi connectivity index (χ3n) is 5.18. The molecule has 1 heterocycles. The molecule has 3 rings (SSSR count). The maximum absolute atomic E-state index is 13.0. The van der Waals surface area contributed by atoms with Crippen molar-refractivity contribution in [2.75, 3.05) is 45.4 Å². The van der Waals surface area contributed by atoms with Crippen LogP contribution in [0.15, 0.2) is 36.9 Å². The van der Waals surface area contributed by atoms with Gasteiger partial charge in [-0.3, -0.25) is 4.79 Å². The Morgan fingerprint density at radius 3 is 2.80 bits per heavy atom. The Bertz CT molecular complexity index is 599. The van der Waals surface area contributed by atoms with Gasteiger partial charge in [-0.1, -0.05) is 6.08 Å². The average Bonchev–Trinajstić information content (AvgIpc) is 3.05. The molecule has 1 aliphatic carbocycles. The van der Waals surface area contributed by atoms with Gasteiger partial charge >= 0.3 is 0 Å². The summed E-state index contributed by atoms with van der Waals surface area (Å²) in [5, 5.41) is 0. The largest absolute Gasteiger partial charge is 0.378 e.